The summed E-state index contributed by atoms with van der Waals surface area (Å²) in [6, 6.07) is 10.2. The van der Waals surface area contributed by atoms with Gasteiger partial charge in [0.15, 0.2) is 11.5 Å². The van der Waals surface area contributed by atoms with E-state index in [1.165, 1.54) is 12.1 Å². The third kappa shape index (κ3) is 4.37. The first-order chi connectivity index (χ1) is 10.5. The Labute approximate surface area is 138 Å². The van der Waals surface area contributed by atoms with Gasteiger partial charge in [-0.3, -0.25) is 0 Å². The van der Waals surface area contributed by atoms with Crippen LogP contribution in [0.4, 0.5) is 10.1 Å². The van der Waals surface area contributed by atoms with Crippen LogP contribution in [-0.2, 0) is 6.54 Å². The van der Waals surface area contributed by atoms with Crippen LogP contribution in [0.2, 0.25) is 0 Å². The summed E-state index contributed by atoms with van der Waals surface area (Å²) in [5, 5.41) is 3.24. The summed E-state index contributed by atoms with van der Waals surface area (Å²) in [6.45, 7) is 4.54. The highest BCUT2D eigenvalue weighted by molar-refractivity contribution is 9.10. The fourth-order valence-corrected chi connectivity index (χ4v) is 2.58. The predicted molar refractivity (Wildman–Crippen MR) is 90.2 cm³/mol. The van der Waals surface area contributed by atoms with Crippen molar-refractivity contribution in [1.29, 1.82) is 0 Å². The molecule has 0 radical (unpaired) electrons. The second-order valence-electron chi connectivity index (χ2n) is 5.14. The van der Waals surface area contributed by atoms with Gasteiger partial charge in [-0.25, -0.2) is 4.39 Å². The molecule has 0 spiro atoms. The van der Waals surface area contributed by atoms with Crippen molar-refractivity contribution < 1.29 is 13.9 Å². The van der Waals surface area contributed by atoms with Gasteiger partial charge in [-0.05, 0) is 71.7 Å². The lowest BCUT2D eigenvalue weighted by Crippen LogP contribution is -2.08. The Balaban J connectivity index is 2.14. The van der Waals surface area contributed by atoms with E-state index in [1.54, 1.807) is 19.2 Å². The second-order valence-corrected chi connectivity index (χ2v) is 5.99. The van der Waals surface area contributed by atoms with Crippen molar-refractivity contribution in [3.05, 3.63) is 52.3 Å². The highest BCUT2D eigenvalue weighted by atomic mass is 79.9. The number of rotatable bonds is 6. The maximum Gasteiger partial charge on any atom is 0.175 e. The van der Waals surface area contributed by atoms with Crippen LogP contribution < -0.4 is 14.8 Å². The summed E-state index contributed by atoms with van der Waals surface area (Å²) >= 11 is 3.52. The average molecular weight is 368 g/mol. The number of benzene rings is 2. The van der Waals surface area contributed by atoms with Gasteiger partial charge in [0.2, 0.25) is 0 Å². The minimum Gasteiger partial charge on any atom is -0.493 e. The van der Waals surface area contributed by atoms with Crippen molar-refractivity contribution in [2.75, 3.05) is 12.4 Å². The summed E-state index contributed by atoms with van der Waals surface area (Å²) in [4.78, 5) is 0. The monoisotopic (exact) mass is 367 g/mol. The molecule has 5 heteroatoms. The van der Waals surface area contributed by atoms with Gasteiger partial charge in [0.25, 0.3) is 0 Å². The number of anilines is 1. The molecule has 3 nitrogen and oxygen atoms in total. The molecule has 0 aliphatic carbocycles. The molecule has 0 saturated heterocycles. The van der Waals surface area contributed by atoms with E-state index in [0.717, 1.165) is 15.7 Å². The molecule has 0 fully saturated rings. The smallest absolute Gasteiger partial charge is 0.175 e. The molecule has 0 bridgehead atoms. The SMILES string of the molecule is COc1cc(CNc2ccc(F)cc2)cc(Br)c1OC(C)C. The summed E-state index contributed by atoms with van der Waals surface area (Å²) in [6.07, 6.45) is 0.0633. The fourth-order valence-electron chi connectivity index (χ4n) is 2.00. The van der Waals surface area contributed by atoms with Gasteiger partial charge >= 0.3 is 0 Å². The number of hydrogen-bond acceptors (Lipinski definition) is 3. The largest absolute Gasteiger partial charge is 0.493 e. The van der Waals surface area contributed by atoms with Gasteiger partial charge in [0.1, 0.15) is 5.82 Å². The van der Waals surface area contributed by atoms with Crippen molar-refractivity contribution in [3.63, 3.8) is 0 Å². The molecule has 0 saturated carbocycles. The average Bonchev–Trinajstić information content (AvgIpc) is 2.48. The number of nitrogens with one attached hydrogen (secondary N) is 1. The molecule has 0 aliphatic rings. The number of ether oxygens (including phenoxy) is 2. The van der Waals surface area contributed by atoms with Crippen LogP contribution in [0.25, 0.3) is 0 Å². The molecular formula is C17H19BrFNO2. The lowest BCUT2D eigenvalue weighted by Gasteiger charge is -2.17. The van der Waals surface area contributed by atoms with Gasteiger partial charge in [0, 0.05) is 12.2 Å². The molecule has 0 atom stereocenters. The number of methoxy groups -OCH3 is 1. The summed E-state index contributed by atoms with van der Waals surface area (Å²) in [5.41, 5.74) is 1.89. The molecule has 1 N–H and O–H groups in total. The highest BCUT2D eigenvalue weighted by Crippen LogP contribution is 2.37. The highest BCUT2D eigenvalue weighted by Gasteiger charge is 2.13. The molecule has 0 aromatic heterocycles. The Morgan fingerprint density at radius 1 is 1.18 bits per heavy atom. The van der Waals surface area contributed by atoms with E-state index in [2.05, 4.69) is 21.2 Å². The number of halogens is 2. The Morgan fingerprint density at radius 3 is 2.45 bits per heavy atom. The maximum atomic E-state index is 12.9. The van der Waals surface area contributed by atoms with E-state index in [0.29, 0.717) is 18.0 Å². The van der Waals surface area contributed by atoms with Crippen LogP contribution >= 0.6 is 15.9 Å². The van der Waals surface area contributed by atoms with E-state index >= 15 is 0 Å². The van der Waals surface area contributed by atoms with Gasteiger partial charge in [-0.1, -0.05) is 0 Å². The third-order valence-electron chi connectivity index (χ3n) is 2.98. The number of hydrogen-bond donors (Lipinski definition) is 1. The normalized spacial score (nSPS) is 10.6. The van der Waals surface area contributed by atoms with Gasteiger partial charge in [-0.2, -0.15) is 0 Å². The molecule has 118 valence electrons. The Morgan fingerprint density at radius 2 is 1.86 bits per heavy atom. The van der Waals surface area contributed by atoms with Crippen LogP contribution in [-0.4, -0.2) is 13.2 Å². The topological polar surface area (TPSA) is 30.5 Å². The summed E-state index contributed by atoms with van der Waals surface area (Å²) in [7, 11) is 1.62. The predicted octanol–water partition coefficient (Wildman–Crippen LogP) is 5.00. The Kier molecular flexibility index (Phi) is 5.66. The molecule has 0 aliphatic heterocycles. The van der Waals surface area contributed by atoms with E-state index < -0.39 is 0 Å². The summed E-state index contributed by atoms with van der Waals surface area (Å²) in [5.74, 6) is 1.13. The van der Waals surface area contributed by atoms with E-state index in [9.17, 15) is 4.39 Å². The van der Waals surface area contributed by atoms with Crippen molar-refractivity contribution in [3.8, 4) is 11.5 Å². The first-order valence-electron chi connectivity index (χ1n) is 7.02. The van der Waals surface area contributed by atoms with Gasteiger partial charge in [0.05, 0.1) is 17.7 Å². The van der Waals surface area contributed by atoms with Crippen molar-refractivity contribution in [1.82, 2.24) is 0 Å². The van der Waals surface area contributed by atoms with Crippen molar-refractivity contribution in [2.24, 2.45) is 0 Å². The molecule has 2 rings (SSSR count). The van der Waals surface area contributed by atoms with Crippen LogP contribution in [0, 0.1) is 5.82 Å². The summed E-state index contributed by atoms with van der Waals surface area (Å²) < 4.78 is 24.9. The molecule has 22 heavy (non-hydrogen) atoms. The molecule has 2 aromatic rings. The van der Waals surface area contributed by atoms with E-state index in [-0.39, 0.29) is 11.9 Å². The molecular weight excluding hydrogens is 349 g/mol. The van der Waals surface area contributed by atoms with Crippen molar-refractivity contribution in [2.45, 2.75) is 26.5 Å². The standard InChI is InChI=1S/C17H19BrFNO2/c1-11(2)22-17-15(18)8-12(9-16(17)21-3)10-20-14-6-4-13(19)5-7-14/h4-9,11,20H,10H2,1-3H3. The quantitative estimate of drug-likeness (QED) is 0.779. The van der Waals surface area contributed by atoms with E-state index in [4.69, 9.17) is 9.47 Å². The maximum absolute atomic E-state index is 12.9. The van der Waals surface area contributed by atoms with Gasteiger partial charge < -0.3 is 14.8 Å². The lowest BCUT2D eigenvalue weighted by atomic mass is 10.2. The first-order valence-corrected chi connectivity index (χ1v) is 7.81. The first kappa shape index (κ1) is 16.6. The molecule has 0 heterocycles. The van der Waals surface area contributed by atoms with Crippen LogP contribution in [0.15, 0.2) is 40.9 Å². The minimum absolute atomic E-state index is 0.0633. The third-order valence-corrected chi connectivity index (χ3v) is 3.57. The lowest BCUT2D eigenvalue weighted by molar-refractivity contribution is 0.228. The van der Waals surface area contributed by atoms with Crippen LogP contribution in [0.3, 0.4) is 0 Å². The zero-order valence-corrected chi connectivity index (χ0v) is 14.4. The molecule has 0 amide bonds. The zero-order chi connectivity index (χ0) is 16.1. The molecule has 0 unspecified atom stereocenters. The Hall–Kier alpha value is -1.75. The zero-order valence-electron chi connectivity index (χ0n) is 12.8. The van der Waals surface area contributed by atoms with Gasteiger partial charge in [-0.15, -0.1) is 0 Å². The minimum atomic E-state index is -0.245. The Bertz CT molecular complexity index is 629. The molecule has 2 aromatic carbocycles. The van der Waals surface area contributed by atoms with Crippen LogP contribution in [0.5, 0.6) is 11.5 Å². The van der Waals surface area contributed by atoms with Crippen LogP contribution in [0.1, 0.15) is 19.4 Å². The second kappa shape index (κ2) is 7.49. The fraction of sp³-hybridized carbons (Fsp3) is 0.294. The van der Waals surface area contributed by atoms with E-state index in [1.807, 2.05) is 26.0 Å². The van der Waals surface area contributed by atoms with Crippen molar-refractivity contribution >= 4 is 21.6 Å².